The molecule has 5 nitrogen and oxygen atoms in total. The summed E-state index contributed by atoms with van der Waals surface area (Å²) in [6, 6.07) is 7.53. The minimum atomic E-state index is -0.129. The Balaban J connectivity index is 1.95. The topological polar surface area (TPSA) is 59.3 Å². The largest absolute Gasteiger partial charge is 0.354 e. The van der Waals surface area contributed by atoms with Gasteiger partial charge in [-0.25, -0.2) is 5.43 Å². The van der Waals surface area contributed by atoms with Crippen LogP contribution in [0, 0.1) is 0 Å². The summed E-state index contributed by atoms with van der Waals surface area (Å²) in [7, 11) is 1.91. The first kappa shape index (κ1) is 13.0. The highest BCUT2D eigenvalue weighted by Crippen LogP contribution is 2.01. The summed E-state index contributed by atoms with van der Waals surface area (Å²) in [4.78, 5) is 15.7. The number of carbonyl (C=O) groups excluding carboxylic acids is 1. The van der Waals surface area contributed by atoms with Crippen LogP contribution in [-0.4, -0.2) is 21.2 Å². The van der Waals surface area contributed by atoms with Crippen molar-refractivity contribution in [2.24, 2.45) is 12.1 Å². The van der Waals surface area contributed by atoms with E-state index in [0.717, 1.165) is 17.0 Å². The lowest BCUT2D eigenvalue weighted by Crippen LogP contribution is -2.22. The van der Waals surface area contributed by atoms with Crippen molar-refractivity contribution in [2.45, 2.75) is 13.3 Å². The van der Waals surface area contributed by atoms with Gasteiger partial charge in [-0.3, -0.25) is 9.78 Å². The zero-order valence-electron chi connectivity index (χ0n) is 11.0. The number of aryl methyl sites for hydroxylation is 1. The van der Waals surface area contributed by atoms with Gasteiger partial charge in [-0.2, -0.15) is 5.10 Å². The van der Waals surface area contributed by atoms with E-state index in [0.29, 0.717) is 6.42 Å². The number of hydrazone groups is 1. The molecule has 1 N–H and O–H groups in total. The Morgan fingerprint density at radius 2 is 2.11 bits per heavy atom. The highest BCUT2D eigenvalue weighted by Gasteiger charge is 2.05. The molecule has 98 valence electrons. The summed E-state index contributed by atoms with van der Waals surface area (Å²) in [5.74, 6) is -0.129. The smallest absolute Gasteiger partial charge is 0.246 e. The second-order valence-electron chi connectivity index (χ2n) is 4.26. The minimum absolute atomic E-state index is 0.129. The lowest BCUT2D eigenvalue weighted by atomic mass is 10.2. The van der Waals surface area contributed by atoms with Gasteiger partial charge >= 0.3 is 0 Å². The van der Waals surface area contributed by atoms with Gasteiger partial charge in [0.1, 0.15) is 0 Å². The van der Waals surface area contributed by atoms with Crippen LogP contribution in [0.4, 0.5) is 0 Å². The van der Waals surface area contributed by atoms with Crippen LogP contribution in [0.15, 0.2) is 48.0 Å². The van der Waals surface area contributed by atoms with Crippen molar-refractivity contribution in [2.75, 3.05) is 0 Å². The Bertz CT molecular complexity index is 587. The van der Waals surface area contributed by atoms with E-state index in [2.05, 4.69) is 15.5 Å². The first-order valence-corrected chi connectivity index (χ1v) is 6.00. The van der Waals surface area contributed by atoms with Crippen molar-refractivity contribution in [3.05, 3.63) is 54.1 Å². The highest BCUT2D eigenvalue weighted by atomic mass is 16.2. The van der Waals surface area contributed by atoms with Gasteiger partial charge in [0.25, 0.3) is 0 Å². The molecule has 19 heavy (non-hydrogen) atoms. The Hall–Kier alpha value is -2.43. The molecule has 0 atom stereocenters. The molecule has 2 heterocycles. The third kappa shape index (κ3) is 3.51. The number of rotatable bonds is 4. The van der Waals surface area contributed by atoms with Gasteiger partial charge in [-0.1, -0.05) is 0 Å². The number of hydrogen-bond donors (Lipinski definition) is 1. The van der Waals surface area contributed by atoms with Gasteiger partial charge in [0.2, 0.25) is 5.91 Å². The first-order valence-electron chi connectivity index (χ1n) is 6.00. The van der Waals surface area contributed by atoms with Crippen LogP contribution >= 0.6 is 0 Å². The molecule has 0 aromatic carbocycles. The van der Waals surface area contributed by atoms with E-state index in [1.54, 1.807) is 12.4 Å². The molecular weight excluding hydrogens is 240 g/mol. The molecule has 2 rings (SSSR count). The summed E-state index contributed by atoms with van der Waals surface area (Å²) in [5, 5.41) is 4.08. The van der Waals surface area contributed by atoms with Gasteiger partial charge in [0.05, 0.1) is 12.1 Å². The third-order valence-electron chi connectivity index (χ3n) is 2.84. The average Bonchev–Trinajstić information content (AvgIpc) is 2.82. The van der Waals surface area contributed by atoms with Crippen LogP contribution in [0.5, 0.6) is 0 Å². The quantitative estimate of drug-likeness (QED) is 0.665. The predicted molar refractivity (Wildman–Crippen MR) is 73.7 cm³/mol. The minimum Gasteiger partial charge on any atom is -0.354 e. The lowest BCUT2D eigenvalue weighted by Gasteiger charge is -2.04. The normalized spacial score (nSPS) is 11.4. The SMILES string of the molecule is C/C(=N/NC(=O)Cc1cccn1C)c1ccncc1. The highest BCUT2D eigenvalue weighted by molar-refractivity contribution is 5.99. The molecule has 0 spiro atoms. The van der Waals surface area contributed by atoms with Crippen LogP contribution in [0.2, 0.25) is 0 Å². The van der Waals surface area contributed by atoms with E-state index >= 15 is 0 Å². The summed E-state index contributed by atoms with van der Waals surface area (Å²) < 4.78 is 1.92. The molecule has 0 saturated heterocycles. The number of nitrogens with one attached hydrogen (secondary N) is 1. The summed E-state index contributed by atoms with van der Waals surface area (Å²) in [6.45, 7) is 1.85. The van der Waals surface area contributed by atoms with E-state index < -0.39 is 0 Å². The van der Waals surface area contributed by atoms with E-state index in [1.165, 1.54) is 0 Å². The van der Waals surface area contributed by atoms with Crippen molar-refractivity contribution in [1.82, 2.24) is 15.0 Å². The zero-order valence-corrected chi connectivity index (χ0v) is 11.0. The second-order valence-corrected chi connectivity index (χ2v) is 4.26. The van der Waals surface area contributed by atoms with Gasteiger partial charge < -0.3 is 4.57 Å². The van der Waals surface area contributed by atoms with Crippen molar-refractivity contribution >= 4 is 11.6 Å². The van der Waals surface area contributed by atoms with Gasteiger partial charge in [0.15, 0.2) is 0 Å². The van der Waals surface area contributed by atoms with Crippen LogP contribution < -0.4 is 5.43 Å². The van der Waals surface area contributed by atoms with Crippen LogP contribution in [0.1, 0.15) is 18.2 Å². The number of nitrogens with zero attached hydrogens (tertiary/aromatic N) is 3. The maximum atomic E-state index is 11.8. The molecule has 0 fully saturated rings. The number of pyridine rings is 1. The molecule has 0 saturated carbocycles. The Morgan fingerprint density at radius 1 is 1.37 bits per heavy atom. The molecule has 0 radical (unpaired) electrons. The monoisotopic (exact) mass is 256 g/mol. The Kier molecular flexibility index (Phi) is 4.07. The predicted octanol–water partition coefficient (Wildman–Crippen LogP) is 1.50. The molecule has 2 aromatic rings. The molecule has 1 amide bonds. The fraction of sp³-hybridized carbons (Fsp3) is 0.214. The summed E-state index contributed by atoms with van der Waals surface area (Å²) in [5.41, 5.74) is 5.21. The fourth-order valence-electron chi connectivity index (χ4n) is 1.69. The average molecular weight is 256 g/mol. The summed E-state index contributed by atoms with van der Waals surface area (Å²) >= 11 is 0. The Labute approximate surface area is 112 Å². The van der Waals surface area contributed by atoms with Gasteiger partial charge in [0, 0.05) is 36.9 Å². The maximum Gasteiger partial charge on any atom is 0.246 e. The van der Waals surface area contributed by atoms with Crippen molar-refractivity contribution < 1.29 is 4.79 Å². The Morgan fingerprint density at radius 3 is 2.74 bits per heavy atom. The number of amides is 1. The molecular formula is C14H16N4O. The van der Waals surface area contributed by atoms with Crippen LogP contribution in [0.25, 0.3) is 0 Å². The standard InChI is InChI=1S/C14H16N4O/c1-11(12-5-7-15-8-6-12)16-17-14(19)10-13-4-3-9-18(13)2/h3-9H,10H2,1-2H3,(H,17,19)/b16-11-. The van der Waals surface area contributed by atoms with Crippen molar-refractivity contribution in [3.63, 3.8) is 0 Å². The van der Waals surface area contributed by atoms with E-state index in [-0.39, 0.29) is 5.91 Å². The zero-order chi connectivity index (χ0) is 13.7. The second kappa shape index (κ2) is 5.95. The lowest BCUT2D eigenvalue weighted by molar-refractivity contribution is -0.120. The van der Waals surface area contributed by atoms with Crippen molar-refractivity contribution in [1.29, 1.82) is 0 Å². The maximum absolute atomic E-state index is 11.8. The van der Waals surface area contributed by atoms with E-state index in [4.69, 9.17) is 0 Å². The molecule has 0 aliphatic rings. The van der Waals surface area contributed by atoms with Gasteiger partial charge in [-0.15, -0.1) is 0 Å². The van der Waals surface area contributed by atoms with E-state index in [9.17, 15) is 4.79 Å². The molecule has 0 aliphatic heterocycles. The third-order valence-corrected chi connectivity index (χ3v) is 2.84. The number of hydrogen-bond acceptors (Lipinski definition) is 3. The molecule has 5 heteroatoms. The molecule has 0 unspecified atom stereocenters. The van der Waals surface area contributed by atoms with Crippen LogP contribution in [0.3, 0.4) is 0 Å². The van der Waals surface area contributed by atoms with Crippen LogP contribution in [-0.2, 0) is 18.3 Å². The number of aromatic nitrogens is 2. The molecule has 2 aromatic heterocycles. The van der Waals surface area contributed by atoms with Crippen molar-refractivity contribution in [3.8, 4) is 0 Å². The van der Waals surface area contributed by atoms with Gasteiger partial charge in [-0.05, 0) is 31.2 Å². The van der Waals surface area contributed by atoms with E-state index in [1.807, 2.05) is 49.0 Å². The first-order chi connectivity index (χ1) is 9.16. The number of carbonyl (C=O) groups is 1. The molecule has 0 bridgehead atoms. The molecule has 0 aliphatic carbocycles. The summed E-state index contributed by atoms with van der Waals surface area (Å²) in [6.07, 6.45) is 5.62. The fourth-order valence-corrected chi connectivity index (χ4v) is 1.69.